The van der Waals surface area contributed by atoms with Gasteiger partial charge >= 0.3 is 0 Å². The molecule has 3 heterocycles. The number of hydrogen-bond acceptors (Lipinski definition) is 3. The molecule has 0 radical (unpaired) electrons. The number of benzene rings is 1. The zero-order valence-electron chi connectivity index (χ0n) is 16.7. The van der Waals surface area contributed by atoms with Crippen molar-refractivity contribution in [2.24, 2.45) is 11.8 Å². The quantitative estimate of drug-likeness (QED) is 0.797. The number of carbonyl (C=O) groups is 1. The van der Waals surface area contributed by atoms with E-state index in [9.17, 15) is 4.79 Å². The lowest BCUT2D eigenvalue weighted by Gasteiger charge is -2.41. The van der Waals surface area contributed by atoms with E-state index in [0.29, 0.717) is 11.8 Å². The van der Waals surface area contributed by atoms with E-state index in [2.05, 4.69) is 45.0 Å². The molecule has 4 rings (SSSR count). The van der Waals surface area contributed by atoms with Crippen molar-refractivity contribution < 1.29 is 4.79 Å². The molecule has 1 aromatic carbocycles. The molecule has 3 fully saturated rings. The molecule has 0 N–H and O–H groups in total. The van der Waals surface area contributed by atoms with Crippen LogP contribution >= 0.6 is 0 Å². The normalized spacial score (nSPS) is 27.8. The van der Waals surface area contributed by atoms with Crippen LogP contribution in [0.2, 0.25) is 0 Å². The van der Waals surface area contributed by atoms with Gasteiger partial charge in [-0.2, -0.15) is 0 Å². The van der Waals surface area contributed by atoms with Crippen LogP contribution in [-0.2, 0) is 11.3 Å². The molecule has 0 unspecified atom stereocenters. The predicted molar refractivity (Wildman–Crippen MR) is 109 cm³/mol. The number of likely N-dealkylation sites (tertiary alicyclic amines) is 3. The summed E-state index contributed by atoms with van der Waals surface area (Å²) in [5.74, 6) is 1.24. The smallest absolute Gasteiger partial charge is 0.226 e. The maximum Gasteiger partial charge on any atom is 0.226 e. The van der Waals surface area contributed by atoms with Gasteiger partial charge in [-0.3, -0.25) is 9.69 Å². The van der Waals surface area contributed by atoms with Crippen LogP contribution in [0, 0.1) is 11.8 Å². The summed E-state index contributed by atoms with van der Waals surface area (Å²) in [7, 11) is 0. The van der Waals surface area contributed by atoms with Crippen LogP contribution < -0.4 is 0 Å². The molecule has 3 aliphatic heterocycles. The minimum absolute atomic E-state index is 0.188. The summed E-state index contributed by atoms with van der Waals surface area (Å²) in [5, 5.41) is 0. The van der Waals surface area contributed by atoms with Crippen LogP contribution in [0.3, 0.4) is 0 Å². The standard InChI is InChI=1S/C23H35N3O/c27-23(26-13-5-2-6-14-26)22-15-21(17-24-11-7-8-12-24)18-25(19-22)16-20-9-3-1-4-10-20/h1,3-4,9-10,21-22H,2,5-8,11-19H2/t21-,22-/m1/s1. The monoisotopic (exact) mass is 369 g/mol. The number of amides is 1. The van der Waals surface area contributed by atoms with Crippen LogP contribution in [0.25, 0.3) is 0 Å². The van der Waals surface area contributed by atoms with Crippen LogP contribution in [0.15, 0.2) is 30.3 Å². The molecular formula is C23H35N3O. The van der Waals surface area contributed by atoms with Gasteiger partial charge in [-0.1, -0.05) is 30.3 Å². The van der Waals surface area contributed by atoms with Gasteiger partial charge < -0.3 is 9.80 Å². The predicted octanol–water partition coefficient (Wildman–Crippen LogP) is 3.23. The van der Waals surface area contributed by atoms with Crippen molar-refractivity contribution in [1.82, 2.24) is 14.7 Å². The number of nitrogens with zero attached hydrogens (tertiary/aromatic N) is 3. The van der Waals surface area contributed by atoms with Crippen molar-refractivity contribution in [3.05, 3.63) is 35.9 Å². The van der Waals surface area contributed by atoms with E-state index in [1.54, 1.807) is 0 Å². The van der Waals surface area contributed by atoms with Crippen LogP contribution in [0.4, 0.5) is 0 Å². The van der Waals surface area contributed by atoms with Gasteiger partial charge in [0.05, 0.1) is 5.92 Å². The van der Waals surface area contributed by atoms with E-state index in [4.69, 9.17) is 0 Å². The highest BCUT2D eigenvalue weighted by Crippen LogP contribution is 2.27. The molecule has 148 valence electrons. The average molecular weight is 370 g/mol. The molecule has 27 heavy (non-hydrogen) atoms. The number of carbonyl (C=O) groups excluding carboxylic acids is 1. The third-order valence-electron chi connectivity index (χ3n) is 6.59. The Morgan fingerprint density at radius 2 is 1.56 bits per heavy atom. The minimum Gasteiger partial charge on any atom is -0.342 e. The topological polar surface area (TPSA) is 26.8 Å². The second-order valence-electron chi connectivity index (χ2n) is 8.87. The zero-order valence-corrected chi connectivity index (χ0v) is 16.7. The van der Waals surface area contributed by atoms with Crippen molar-refractivity contribution in [3.63, 3.8) is 0 Å². The molecule has 3 aliphatic rings. The van der Waals surface area contributed by atoms with Gasteiger partial charge in [0.25, 0.3) is 0 Å². The highest BCUT2D eigenvalue weighted by molar-refractivity contribution is 5.79. The summed E-state index contributed by atoms with van der Waals surface area (Å²) < 4.78 is 0. The molecule has 4 heteroatoms. The maximum absolute atomic E-state index is 13.2. The SMILES string of the molecule is O=C([C@@H]1C[C@H](CN2CCCC2)CN(Cc2ccccc2)C1)N1CCCCC1. The molecule has 0 spiro atoms. The molecule has 1 aromatic rings. The molecule has 0 aliphatic carbocycles. The Morgan fingerprint density at radius 1 is 0.852 bits per heavy atom. The third-order valence-corrected chi connectivity index (χ3v) is 6.59. The zero-order chi connectivity index (χ0) is 18.5. The summed E-state index contributed by atoms with van der Waals surface area (Å²) in [4.78, 5) is 20.6. The first-order valence-corrected chi connectivity index (χ1v) is 11.1. The molecule has 3 saturated heterocycles. The highest BCUT2D eigenvalue weighted by atomic mass is 16.2. The van der Waals surface area contributed by atoms with Gasteiger partial charge in [-0.15, -0.1) is 0 Å². The molecule has 1 amide bonds. The Hall–Kier alpha value is -1.39. The van der Waals surface area contributed by atoms with Gasteiger partial charge in [-0.05, 0) is 63.1 Å². The largest absolute Gasteiger partial charge is 0.342 e. The van der Waals surface area contributed by atoms with Crippen molar-refractivity contribution in [1.29, 1.82) is 0 Å². The van der Waals surface area contributed by atoms with E-state index in [1.807, 2.05) is 0 Å². The van der Waals surface area contributed by atoms with Gasteiger partial charge in [0.2, 0.25) is 5.91 Å². The Labute approximate surface area is 164 Å². The fourth-order valence-electron chi connectivity index (χ4n) is 5.29. The summed E-state index contributed by atoms with van der Waals surface area (Å²) >= 11 is 0. The Bertz CT molecular complexity index is 593. The van der Waals surface area contributed by atoms with Gasteiger partial charge in [0, 0.05) is 39.3 Å². The first-order chi connectivity index (χ1) is 13.3. The summed E-state index contributed by atoms with van der Waals surface area (Å²) in [6, 6.07) is 10.8. The summed E-state index contributed by atoms with van der Waals surface area (Å²) in [5.41, 5.74) is 1.36. The lowest BCUT2D eigenvalue weighted by molar-refractivity contribution is -0.139. The van der Waals surface area contributed by atoms with Crippen LogP contribution in [0.5, 0.6) is 0 Å². The molecule has 2 atom stereocenters. The number of rotatable bonds is 5. The molecule has 0 aromatic heterocycles. The Morgan fingerprint density at radius 3 is 2.30 bits per heavy atom. The number of piperidine rings is 2. The van der Waals surface area contributed by atoms with Gasteiger partial charge in [-0.25, -0.2) is 0 Å². The molecular weight excluding hydrogens is 334 g/mol. The fourth-order valence-corrected chi connectivity index (χ4v) is 5.29. The summed E-state index contributed by atoms with van der Waals surface area (Å²) in [6.45, 7) is 8.67. The fraction of sp³-hybridized carbons (Fsp3) is 0.696. The van der Waals surface area contributed by atoms with Crippen LogP contribution in [0.1, 0.15) is 44.1 Å². The molecule has 0 saturated carbocycles. The lowest BCUT2D eigenvalue weighted by Crippen LogP contribution is -2.50. The van der Waals surface area contributed by atoms with E-state index in [0.717, 1.165) is 39.1 Å². The maximum atomic E-state index is 13.2. The van der Waals surface area contributed by atoms with Crippen LogP contribution in [-0.4, -0.2) is 66.4 Å². The van der Waals surface area contributed by atoms with E-state index in [1.165, 1.54) is 57.3 Å². The first-order valence-electron chi connectivity index (χ1n) is 11.1. The average Bonchev–Trinajstić information content (AvgIpc) is 3.22. The van der Waals surface area contributed by atoms with Gasteiger partial charge in [0.1, 0.15) is 0 Å². The second kappa shape index (κ2) is 9.20. The highest BCUT2D eigenvalue weighted by Gasteiger charge is 2.35. The van der Waals surface area contributed by atoms with Crippen molar-refractivity contribution in [2.45, 2.75) is 45.1 Å². The second-order valence-corrected chi connectivity index (χ2v) is 8.87. The van der Waals surface area contributed by atoms with Crippen molar-refractivity contribution >= 4 is 5.91 Å². The third kappa shape index (κ3) is 5.11. The van der Waals surface area contributed by atoms with E-state index in [-0.39, 0.29) is 5.92 Å². The van der Waals surface area contributed by atoms with E-state index < -0.39 is 0 Å². The number of hydrogen-bond donors (Lipinski definition) is 0. The van der Waals surface area contributed by atoms with E-state index >= 15 is 0 Å². The first kappa shape index (κ1) is 18.9. The Kier molecular flexibility index (Phi) is 6.46. The summed E-state index contributed by atoms with van der Waals surface area (Å²) in [6.07, 6.45) is 7.42. The van der Waals surface area contributed by atoms with Gasteiger partial charge in [0.15, 0.2) is 0 Å². The van der Waals surface area contributed by atoms with Crippen molar-refractivity contribution in [3.8, 4) is 0 Å². The Balaban J connectivity index is 1.43. The minimum atomic E-state index is 0.188. The van der Waals surface area contributed by atoms with Crippen molar-refractivity contribution in [2.75, 3.05) is 45.8 Å². The lowest BCUT2D eigenvalue weighted by atomic mass is 9.87. The molecule has 4 nitrogen and oxygen atoms in total. The molecule has 0 bridgehead atoms.